The molecule has 1 atom stereocenters. The molecule has 1 aromatic rings. The van der Waals surface area contributed by atoms with Crippen LogP contribution < -0.4 is 11.1 Å². The number of aryl methyl sites for hydroxylation is 1. The maximum absolute atomic E-state index is 11.6. The lowest BCUT2D eigenvalue weighted by atomic mass is 10.3. The first-order chi connectivity index (χ1) is 8.52. The largest absolute Gasteiger partial charge is 0.468 e. The minimum Gasteiger partial charge on any atom is -0.468 e. The molecule has 0 radical (unpaired) electrons. The highest BCUT2D eigenvalue weighted by atomic mass is 32.2. The average molecular weight is 271 g/mol. The fraction of sp³-hybridized carbons (Fsp3) is 0.600. The zero-order chi connectivity index (χ0) is 13.3. The molecule has 0 bridgehead atoms. The van der Waals surface area contributed by atoms with E-state index in [1.54, 1.807) is 7.05 Å². The van der Waals surface area contributed by atoms with Gasteiger partial charge in [-0.1, -0.05) is 11.8 Å². The van der Waals surface area contributed by atoms with E-state index in [9.17, 15) is 14.4 Å². The maximum atomic E-state index is 11.6. The van der Waals surface area contributed by atoms with Crippen LogP contribution in [0.2, 0.25) is 0 Å². The van der Waals surface area contributed by atoms with Crippen molar-refractivity contribution in [1.29, 1.82) is 0 Å². The van der Waals surface area contributed by atoms with Gasteiger partial charge in [0, 0.05) is 7.05 Å². The van der Waals surface area contributed by atoms with Crippen LogP contribution in [0.4, 0.5) is 0 Å². The highest BCUT2D eigenvalue weighted by molar-refractivity contribution is 8.00. The van der Waals surface area contributed by atoms with E-state index in [4.69, 9.17) is 4.74 Å². The fourth-order valence-corrected chi connectivity index (χ4v) is 2.76. The molecular weight excluding hydrogens is 258 g/mol. The van der Waals surface area contributed by atoms with Gasteiger partial charge in [0.2, 0.25) is 0 Å². The van der Waals surface area contributed by atoms with Crippen LogP contribution >= 0.6 is 11.8 Å². The van der Waals surface area contributed by atoms with Crippen molar-refractivity contribution in [3.8, 4) is 0 Å². The topological polar surface area (TPSA) is 94.1 Å². The third kappa shape index (κ3) is 2.63. The van der Waals surface area contributed by atoms with Crippen LogP contribution in [0.15, 0.2) is 14.7 Å². The molecule has 0 aromatic carbocycles. The molecule has 0 saturated heterocycles. The Morgan fingerprint density at radius 3 is 2.78 bits per heavy atom. The Hall–Kier alpha value is -1.57. The molecule has 2 rings (SSSR count). The van der Waals surface area contributed by atoms with E-state index in [0.29, 0.717) is 5.16 Å². The van der Waals surface area contributed by atoms with E-state index in [1.807, 2.05) is 0 Å². The van der Waals surface area contributed by atoms with Crippen LogP contribution in [0.3, 0.4) is 0 Å². The number of hydrogen-bond donors (Lipinski definition) is 1. The second kappa shape index (κ2) is 4.97. The van der Waals surface area contributed by atoms with Crippen LogP contribution in [0.1, 0.15) is 12.8 Å². The van der Waals surface area contributed by atoms with Gasteiger partial charge < -0.3 is 4.74 Å². The minimum atomic E-state index is -0.852. The normalized spacial score (nSPS) is 16.3. The molecule has 1 aliphatic rings. The molecule has 7 nitrogen and oxygen atoms in total. The summed E-state index contributed by atoms with van der Waals surface area (Å²) in [7, 11) is 2.90. The molecule has 98 valence electrons. The second-order valence-corrected chi connectivity index (χ2v) is 5.21. The van der Waals surface area contributed by atoms with E-state index in [-0.39, 0.29) is 17.1 Å². The first-order valence-corrected chi connectivity index (χ1v) is 6.32. The predicted molar refractivity (Wildman–Crippen MR) is 64.5 cm³/mol. The highest BCUT2D eigenvalue weighted by Gasteiger charge is 2.38. The number of esters is 1. The number of carbonyl (C=O) groups is 1. The number of thioether (sulfide) groups is 1. The Kier molecular flexibility index (Phi) is 3.55. The summed E-state index contributed by atoms with van der Waals surface area (Å²) < 4.78 is 6.07. The molecular formula is C10H13N3O4S. The Bertz CT molecular complexity index is 575. The van der Waals surface area contributed by atoms with Crippen molar-refractivity contribution in [2.24, 2.45) is 13.0 Å². The van der Waals surface area contributed by atoms with E-state index in [2.05, 4.69) is 10.1 Å². The van der Waals surface area contributed by atoms with Gasteiger partial charge in [0.05, 0.1) is 7.11 Å². The molecule has 1 saturated carbocycles. The number of nitrogens with zero attached hydrogens (tertiary/aromatic N) is 2. The number of rotatable bonds is 4. The number of H-pyrrole nitrogens is 1. The molecule has 1 heterocycles. The van der Waals surface area contributed by atoms with Gasteiger partial charge in [0.25, 0.3) is 0 Å². The monoisotopic (exact) mass is 271 g/mol. The van der Waals surface area contributed by atoms with Gasteiger partial charge in [0.15, 0.2) is 5.16 Å². The first kappa shape index (κ1) is 12.9. The lowest BCUT2D eigenvalue weighted by Crippen LogP contribution is -2.34. The van der Waals surface area contributed by atoms with Gasteiger partial charge in [0.1, 0.15) is 5.25 Å². The Labute approximate surface area is 107 Å². The molecule has 0 spiro atoms. The van der Waals surface area contributed by atoms with E-state index in [1.165, 1.54) is 11.8 Å². The summed E-state index contributed by atoms with van der Waals surface area (Å²) in [6.45, 7) is 0. The number of nitrogens with one attached hydrogen (secondary N) is 1. The lowest BCUT2D eigenvalue weighted by molar-refractivity contribution is -0.140. The van der Waals surface area contributed by atoms with Gasteiger partial charge in [-0.15, -0.1) is 0 Å². The third-order valence-corrected chi connectivity index (χ3v) is 4.07. The quantitative estimate of drug-likeness (QED) is 0.451. The smallest absolute Gasteiger partial charge is 0.339 e. The summed E-state index contributed by atoms with van der Waals surface area (Å²) in [6.07, 6.45) is 1.92. The highest BCUT2D eigenvalue weighted by Crippen LogP contribution is 2.41. The van der Waals surface area contributed by atoms with Crippen LogP contribution in [0.5, 0.6) is 0 Å². The summed E-state index contributed by atoms with van der Waals surface area (Å²) in [5.41, 5.74) is -1.63. The molecule has 18 heavy (non-hydrogen) atoms. The van der Waals surface area contributed by atoms with Gasteiger partial charge in [-0.05, 0) is 18.8 Å². The zero-order valence-corrected chi connectivity index (χ0v) is 10.8. The SMILES string of the molecule is COC(=O)C(Sc1nc(=O)c(=O)[nH]n1C)C1CC1. The van der Waals surface area contributed by atoms with Crippen molar-refractivity contribution < 1.29 is 9.53 Å². The number of aromatic nitrogens is 3. The molecule has 0 amide bonds. The summed E-state index contributed by atoms with van der Waals surface area (Å²) in [5.74, 6) is -0.0748. The number of aromatic amines is 1. The van der Waals surface area contributed by atoms with Gasteiger partial charge in [-0.2, -0.15) is 4.98 Å². The van der Waals surface area contributed by atoms with Crippen molar-refractivity contribution in [3.05, 3.63) is 20.7 Å². The summed E-state index contributed by atoms with van der Waals surface area (Å²) in [5, 5.41) is 2.27. The van der Waals surface area contributed by atoms with Crippen LogP contribution in [-0.2, 0) is 16.6 Å². The molecule has 8 heteroatoms. The van der Waals surface area contributed by atoms with E-state index >= 15 is 0 Å². The van der Waals surface area contributed by atoms with Gasteiger partial charge in [-0.3, -0.25) is 24.2 Å². The van der Waals surface area contributed by atoms with Gasteiger partial charge >= 0.3 is 17.1 Å². The summed E-state index contributed by atoms with van der Waals surface area (Å²) >= 11 is 1.15. The molecule has 1 N–H and O–H groups in total. The predicted octanol–water partition coefficient (Wildman–Crippen LogP) is -0.488. The lowest BCUT2D eigenvalue weighted by Gasteiger charge is -2.13. The molecule has 1 unspecified atom stereocenters. The maximum Gasteiger partial charge on any atom is 0.339 e. The van der Waals surface area contributed by atoms with Crippen molar-refractivity contribution in [1.82, 2.24) is 14.8 Å². The van der Waals surface area contributed by atoms with Crippen LogP contribution in [0, 0.1) is 5.92 Å². The summed E-state index contributed by atoms with van der Waals surface area (Å²) in [6, 6.07) is 0. The average Bonchev–Trinajstić information content (AvgIpc) is 3.15. The van der Waals surface area contributed by atoms with Crippen molar-refractivity contribution >= 4 is 17.7 Å². The molecule has 0 aliphatic heterocycles. The standard InChI is InChI=1S/C10H13N3O4S/c1-13-10(11-7(14)8(15)12-13)18-6(5-3-4-5)9(16)17-2/h5-6H,3-4H2,1-2H3,(H,12,15). The second-order valence-electron chi connectivity index (χ2n) is 4.10. The van der Waals surface area contributed by atoms with E-state index < -0.39 is 11.1 Å². The van der Waals surface area contributed by atoms with Crippen molar-refractivity contribution in [2.75, 3.05) is 7.11 Å². The van der Waals surface area contributed by atoms with E-state index in [0.717, 1.165) is 24.6 Å². The Morgan fingerprint density at radius 1 is 1.56 bits per heavy atom. The number of methoxy groups -OCH3 is 1. The number of ether oxygens (including phenoxy) is 1. The minimum absolute atomic E-state index is 0.256. The molecule has 1 aromatic heterocycles. The van der Waals surface area contributed by atoms with Gasteiger partial charge in [-0.25, -0.2) is 0 Å². The summed E-state index contributed by atoms with van der Waals surface area (Å²) in [4.78, 5) is 37.6. The number of carbonyl (C=O) groups excluding carboxylic acids is 1. The Balaban J connectivity index is 2.26. The molecule has 1 fully saturated rings. The zero-order valence-electron chi connectivity index (χ0n) is 10.0. The molecule has 1 aliphatic carbocycles. The van der Waals surface area contributed by atoms with Crippen molar-refractivity contribution in [3.63, 3.8) is 0 Å². The van der Waals surface area contributed by atoms with Crippen LogP contribution in [-0.4, -0.2) is 33.1 Å². The fourth-order valence-electron chi connectivity index (χ4n) is 1.53. The first-order valence-electron chi connectivity index (χ1n) is 5.44. The Morgan fingerprint density at radius 2 is 2.22 bits per heavy atom. The van der Waals surface area contributed by atoms with Crippen molar-refractivity contribution in [2.45, 2.75) is 23.2 Å². The third-order valence-electron chi connectivity index (χ3n) is 2.66. The van der Waals surface area contributed by atoms with Crippen LogP contribution in [0.25, 0.3) is 0 Å². The number of hydrogen-bond acceptors (Lipinski definition) is 6.